The number of nitrogens with zero attached hydrogens (tertiary/aromatic N) is 4. The standard InChI is InChI=1S/C16H26N4O2S/c1-16-8-12-9-20(23(21,22)15-10-18(2)11-17-15)14(16)7-5-4-6-13(16)19(12)3/h10-14H,4-9H2,1-3H3/t12-,13-,14+,16-/m0/s1. The Balaban J connectivity index is 1.78. The number of piperidine rings is 1. The van der Waals surface area contributed by atoms with Crippen molar-refractivity contribution >= 4 is 10.0 Å². The highest BCUT2D eigenvalue weighted by Gasteiger charge is 2.59. The third-order valence-corrected chi connectivity index (χ3v) is 8.22. The van der Waals surface area contributed by atoms with Gasteiger partial charge in [0.2, 0.25) is 0 Å². The second-order valence-electron chi connectivity index (χ2n) is 7.80. The highest BCUT2D eigenvalue weighted by molar-refractivity contribution is 7.89. The number of aryl methyl sites for hydroxylation is 1. The van der Waals surface area contributed by atoms with Crippen LogP contribution in [-0.2, 0) is 17.1 Å². The van der Waals surface area contributed by atoms with E-state index in [1.165, 1.54) is 12.8 Å². The minimum absolute atomic E-state index is 0.0655. The summed E-state index contributed by atoms with van der Waals surface area (Å²) in [5.74, 6) is 0. The average molecular weight is 338 g/mol. The number of aromatic nitrogens is 2. The summed E-state index contributed by atoms with van der Waals surface area (Å²) in [5.41, 5.74) is 0.0655. The van der Waals surface area contributed by atoms with Gasteiger partial charge in [-0.3, -0.25) is 4.90 Å². The Kier molecular flexibility index (Phi) is 3.42. The molecule has 1 aliphatic carbocycles. The molecule has 0 spiro atoms. The molecule has 4 rings (SSSR count). The van der Waals surface area contributed by atoms with Crippen molar-refractivity contribution in [2.75, 3.05) is 13.6 Å². The molecule has 1 aromatic heterocycles. The molecule has 23 heavy (non-hydrogen) atoms. The zero-order valence-corrected chi connectivity index (χ0v) is 15.0. The molecule has 0 radical (unpaired) electrons. The molecule has 2 saturated heterocycles. The summed E-state index contributed by atoms with van der Waals surface area (Å²) in [5, 5.41) is 0.188. The van der Waals surface area contributed by atoms with Gasteiger partial charge in [0, 0.05) is 43.3 Å². The first-order chi connectivity index (χ1) is 10.8. The molecular weight excluding hydrogens is 312 g/mol. The van der Waals surface area contributed by atoms with E-state index in [0.29, 0.717) is 18.6 Å². The fourth-order valence-electron chi connectivity index (χ4n) is 5.31. The summed E-state index contributed by atoms with van der Waals surface area (Å²) in [4.78, 5) is 6.57. The second-order valence-corrected chi connectivity index (χ2v) is 9.63. The van der Waals surface area contributed by atoms with Crippen molar-refractivity contribution in [3.8, 4) is 0 Å². The van der Waals surface area contributed by atoms with Gasteiger partial charge >= 0.3 is 0 Å². The van der Waals surface area contributed by atoms with E-state index in [9.17, 15) is 8.42 Å². The third kappa shape index (κ3) is 2.13. The van der Waals surface area contributed by atoms with Crippen LogP contribution in [0.25, 0.3) is 0 Å². The maximum absolute atomic E-state index is 13.2. The van der Waals surface area contributed by atoms with Gasteiger partial charge in [-0.15, -0.1) is 0 Å². The Labute approximate surface area is 138 Å². The maximum Gasteiger partial charge on any atom is 0.262 e. The molecule has 0 aromatic carbocycles. The number of rotatable bonds is 2. The van der Waals surface area contributed by atoms with Crippen molar-refractivity contribution in [3.63, 3.8) is 0 Å². The van der Waals surface area contributed by atoms with Crippen molar-refractivity contribution in [1.29, 1.82) is 0 Å². The summed E-state index contributed by atoms with van der Waals surface area (Å²) < 4.78 is 29.9. The van der Waals surface area contributed by atoms with E-state index < -0.39 is 10.0 Å². The van der Waals surface area contributed by atoms with Crippen molar-refractivity contribution in [2.45, 2.75) is 62.2 Å². The summed E-state index contributed by atoms with van der Waals surface area (Å²) >= 11 is 0. The van der Waals surface area contributed by atoms with Gasteiger partial charge in [0.05, 0.1) is 6.33 Å². The predicted octanol–water partition coefficient (Wildman–Crippen LogP) is 1.45. The lowest BCUT2D eigenvalue weighted by Gasteiger charge is -2.45. The van der Waals surface area contributed by atoms with Crippen LogP contribution >= 0.6 is 0 Å². The smallest absolute Gasteiger partial charge is 0.262 e. The van der Waals surface area contributed by atoms with Crippen LogP contribution in [0.1, 0.15) is 39.0 Å². The van der Waals surface area contributed by atoms with E-state index in [1.54, 1.807) is 21.4 Å². The number of fused-ring (bicyclic) bond motifs is 1. The molecule has 3 heterocycles. The van der Waals surface area contributed by atoms with Crippen LogP contribution < -0.4 is 0 Å². The lowest BCUT2D eigenvalue weighted by Crippen LogP contribution is -2.55. The molecule has 128 valence electrons. The molecule has 3 fully saturated rings. The lowest BCUT2D eigenvalue weighted by molar-refractivity contribution is 0.0974. The molecule has 0 N–H and O–H groups in total. The van der Waals surface area contributed by atoms with Crippen LogP contribution in [0.2, 0.25) is 0 Å². The van der Waals surface area contributed by atoms with Crippen LogP contribution in [0.5, 0.6) is 0 Å². The Morgan fingerprint density at radius 3 is 2.57 bits per heavy atom. The molecule has 1 saturated carbocycles. The zero-order valence-electron chi connectivity index (χ0n) is 14.1. The first-order valence-corrected chi connectivity index (χ1v) is 10.00. The Morgan fingerprint density at radius 2 is 1.91 bits per heavy atom. The summed E-state index contributed by atoms with van der Waals surface area (Å²) in [6.07, 6.45) is 8.78. The fraction of sp³-hybridized carbons (Fsp3) is 0.812. The topological polar surface area (TPSA) is 58.4 Å². The van der Waals surface area contributed by atoms with Gasteiger partial charge in [-0.1, -0.05) is 19.8 Å². The fourth-order valence-corrected chi connectivity index (χ4v) is 7.08. The predicted molar refractivity (Wildman–Crippen MR) is 87.4 cm³/mol. The first-order valence-electron chi connectivity index (χ1n) is 8.56. The van der Waals surface area contributed by atoms with E-state index >= 15 is 0 Å². The SMILES string of the molecule is CN1[C@@H]2CN(S(=O)(=O)c3cn(C)cn3)[C@@H]3CCCC[C@H]1[C@]3(C)C2. The van der Waals surface area contributed by atoms with E-state index in [4.69, 9.17) is 0 Å². The average Bonchev–Trinajstić information content (AvgIpc) is 2.95. The molecule has 6 nitrogen and oxygen atoms in total. The number of sulfonamides is 1. The monoisotopic (exact) mass is 338 g/mol. The van der Waals surface area contributed by atoms with Crippen molar-refractivity contribution in [2.24, 2.45) is 12.5 Å². The molecule has 7 heteroatoms. The summed E-state index contributed by atoms with van der Waals surface area (Å²) in [6.45, 7) is 2.91. The zero-order chi connectivity index (χ0) is 16.4. The van der Waals surface area contributed by atoms with Gasteiger partial charge < -0.3 is 4.57 Å². The Morgan fingerprint density at radius 1 is 1.22 bits per heavy atom. The number of hydrogen-bond acceptors (Lipinski definition) is 4. The molecular formula is C16H26N4O2S. The highest BCUT2D eigenvalue weighted by atomic mass is 32.2. The van der Waals surface area contributed by atoms with Crippen molar-refractivity contribution < 1.29 is 8.42 Å². The van der Waals surface area contributed by atoms with Crippen molar-refractivity contribution in [1.82, 2.24) is 18.8 Å². The molecule has 4 atom stereocenters. The first kappa shape index (κ1) is 15.6. The van der Waals surface area contributed by atoms with Gasteiger partial charge in [-0.25, -0.2) is 13.4 Å². The molecule has 0 amide bonds. The van der Waals surface area contributed by atoms with E-state index in [0.717, 1.165) is 19.3 Å². The van der Waals surface area contributed by atoms with E-state index in [-0.39, 0.29) is 16.5 Å². The molecule has 3 aliphatic rings. The van der Waals surface area contributed by atoms with Gasteiger partial charge in [0.25, 0.3) is 10.0 Å². The normalized spacial score (nSPS) is 38.7. The summed E-state index contributed by atoms with van der Waals surface area (Å²) in [6, 6.07) is 0.935. The molecule has 2 aliphatic heterocycles. The molecule has 0 unspecified atom stereocenters. The van der Waals surface area contributed by atoms with Crippen LogP contribution in [0.3, 0.4) is 0 Å². The molecule has 1 aromatic rings. The Hall–Kier alpha value is -0.920. The largest absolute Gasteiger partial charge is 0.339 e. The van der Waals surface area contributed by atoms with Crippen LogP contribution in [0.4, 0.5) is 0 Å². The minimum Gasteiger partial charge on any atom is -0.339 e. The summed E-state index contributed by atoms with van der Waals surface area (Å²) in [7, 11) is 0.468. The molecule has 2 bridgehead atoms. The van der Waals surface area contributed by atoms with E-state index in [1.807, 2.05) is 7.05 Å². The van der Waals surface area contributed by atoms with Gasteiger partial charge in [-0.05, 0) is 26.3 Å². The van der Waals surface area contributed by atoms with Gasteiger partial charge in [0.1, 0.15) is 0 Å². The van der Waals surface area contributed by atoms with Crippen LogP contribution in [-0.4, -0.2) is 58.9 Å². The quantitative estimate of drug-likeness (QED) is 0.819. The lowest BCUT2D eigenvalue weighted by atomic mass is 9.72. The van der Waals surface area contributed by atoms with E-state index in [2.05, 4.69) is 23.9 Å². The number of hydrogen-bond donors (Lipinski definition) is 0. The van der Waals surface area contributed by atoms with Gasteiger partial charge in [-0.2, -0.15) is 4.31 Å². The number of imidazole rings is 1. The highest BCUT2D eigenvalue weighted by Crippen LogP contribution is 2.53. The minimum atomic E-state index is -3.52. The number of likely N-dealkylation sites (tertiary alicyclic amines) is 1. The van der Waals surface area contributed by atoms with Gasteiger partial charge in [0.15, 0.2) is 5.03 Å². The Bertz CT molecular complexity index is 715. The maximum atomic E-state index is 13.2. The number of likely N-dealkylation sites (N-methyl/N-ethyl adjacent to an activating group) is 1. The second kappa shape index (κ2) is 5.04. The van der Waals surface area contributed by atoms with Crippen LogP contribution in [0.15, 0.2) is 17.6 Å². The van der Waals surface area contributed by atoms with Crippen molar-refractivity contribution in [3.05, 3.63) is 12.5 Å². The third-order valence-electron chi connectivity index (χ3n) is 6.46. The van der Waals surface area contributed by atoms with Crippen LogP contribution in [0, 0.1) is 5.41 Å².